The van der Waals surface area contributed by atoms with Gasteiger partial charge in [-0.05, 0) is 107 Å². The van der Waals surface area contributed by atoms with Crippen LogP contribution in [0.15, 0.2) is 48.8 Å². The number of unbranched alkanes of at least 4 members (excludes halogenated alkanes) is 3. The van der Waals surface area contributed by atoms with Crippen LogP contribution >= 0.6 is 0 Å². The number of aldehydes is 1. The zero-order valence-electron chi connectivity index (χ0n) is 40.1. The number of nitrogens with zero attached hydrogens (tertiary/aromatic N) is 6. The first-order valence-electron chi connectivity index (χ1n) is 24.1. The highest BCUT2D eigenvalue weighted by atomic mass is 16.5. The largest absolute Gasteiger partial charge is 0.495 e. The Kier molecular flexibility index (Phi) is 18.4. The van der Waals surface area contributed by atoms with Gasteiger partial charge in [-0.2, -0.15) is 4.98 Å². The third-order valence-electron chi connectivity index (χ3n) is 13.3. The summed E-state index contributed by atoms with van der Waals surface area (Å²) in [6.45, 7) is 5.27. The van der Waals surface area contributed by atoms with Gasteiger partial charge in [-0.1, -0.05) is 57.4 Å². The molecule has 2 aliphatic carbocycles. The lowest BCUT2D eigenvalue weighted by Crippen LogP contribution is -2.46. The fourth-order valence-corrected chi connectivity index (χ4v) is 9.60. The Morgan fingerprint density at radius 1 is 1.01 bits per heavy atom. The van der Waals surface area contributed by atoms with Crippen LogP contribution in [-0.2, 0) is 20.9 Å². The lowest BCUT2D eigenvalue weighted by atomic mass is 9.90. The second-order valence-electron chi connectivity index (χ2n) is 18.1. The summed E-state index contributed by atoms with van der Waals surface area (Å²) >= 11 is 0. The Morgan fingerprint density at radius 2 is 1.79 bits per heavy atom. The molecule has 3 aromatic rings. The van der Waals surface area contributed by atoms with Gasteiger partial charge in [0.25, 0.3) is 5.91 Å². The zero-order valence-corrected chi connectivity index (χ0v) is 40.1. The van der Waals surface area contributed by atoms with Crippen LogP contribution in [0.25, 0.3) is 5.70 Å². The number of hydrogen-bond acceptors (Lipinski definition) is 14. The van der Waals surface area contributed by atoms with E-state index in [1.807, 2.05) is 69.4 Å². The van der Waals surface area contributed by atoms with Crippen molar-refractivity contribution in [1.29, 1.82) is 0 Å². The molecule has 2 aromatic carbocycles. The number of nitrogens with two attached hydrogens (primary N) is 2. The molecule has 2 fully saturated rings. The fraction of sp³-hybridized carbons (Fsp3) is 0.529. The Labute approximate surface area is 396 Å². The Bertz CT molecular complexity index is 2260. The van der Waals surface area contributed by atoms with E-state index in [2.05, 4.69) is 37.7 Å². The first-order valence-corrected chi connectivity index (χ1v) is 24.1. The number of rotatable bonds is 23. The van der Waals surface area contributed by atoms with Gasteiger partial charge >= 0.3 is 0 Å². The topological polar surface area (TPSA) is 204 Å². The molecular weight excluding hydrogens is 847 g/mol. The van der Waals surface area contributed by atoms with Crippen LogP contribution in [0.3, 0.4) is 0 Å². The molecule has 1 unspecified atom stereocenters. The van der Waals surface area contributed by atoms with Crippen LogP contribution in [-0.4, -0.2) is 102 Å². The molecule has 0 spiro atoms. The number of anilines is 4. The van der Waals surface area contributed by atoms with Crippen LogP contribution in [0.5, 0.6) is 5.75 Å². The Morgan fingerprint density at radius 3 is 2.48 bits per heavy atom. The van der Waals surface area contributed by atoms with Gasteiger partial charge in [-0.25, -0.2) is 10.8 Å². The standard InChI is InChI=1S/C51H71N11O5/c1-6-15-45(49(65)56-34-64)60-31-37-28-35(19-25-42(37)50(60)66)16-11-9-8-10-14-27-54-38-21-23-40(24-22-38)61(53)32-43(52)36-20-26-44(47(29-36)67-5)57-51-55-30-46(59(3)4)48(58-51)62(39(7-2)33-63)41-17-12-13-18-41/h19-20,25-26,28-30,32-34,38-41,45,54H,6-10,12-15,17-18,21-24,27,31,52-53H2,1-5H3,(H,55,57,58)(H,56,64,65)/b43-32-/t38-,39-,40+,45?/m1/s1. The van der Waals surface area contributed by atoms with Crippen molar-refractivity contribution in [2.24, 2.45) is 11.6 Å². The number of benzene rings is 2. The molecule has 0 bridgehead atoms. The van der Waals surface area contributed by atoms with Crippen molar-refractivity contribution < 1.29 is 23.9 Å². The maximum atomic E-state index is 13.1. The highest BCUT2D eigenvalue weighted by Crippen LogP contribution is 2.37. The van der Waals surface area contributed by atoms with Gasteiger partial charge in [-0.3, -0.25) is 19.7 Å². The van der Waals surface area contributed by atoms with E-state index in [-0.39, 0.29) is 24.0 Å². The first-order chi connectivity index (χ1) is 32.5. The number of imide groups is 1. The predicted molar refractivity (Wildman–Crippen MR) is 264 cm³/mol. The molecule has 2 atom stereocenters. The number of carbonyl (C=O) groups is 4. The van der Waals surface area contributed by atoms with Crippen molar-refractivity contribution in [3.63, 3.8) is 0 Å². The second kappa shape index (κ2) is 24.5. The van der Waals surface area contributed by atoms with Crippen molar-refractivity contribution in [3.8, 4) is 17.6 Å². The summed E-state index contributed by atoms with van der Waals surface area (Å²) in [6.07, 6.45) is 19.2. The number of amides is 3. The van der Waals surface area contributed by atoms with Gasteiger partial charge in [0, 0.05) is 68.1 Å². The number of fused-ring (bicyclic) bond motifs is 1. The highest BCUT2D eigenvalue weighted by molar-refractivity contribution is 6.02. The molecule has 6 rings (SSSR count). The van der Waals surface area contributed by atoms with Crippen LogP contribution < -0.4 is 42.1 Å². The van der Waals surface area contributed by atoms with Gasteiger partial charge in [-0.15, -0.1) is 0 Å². The molecule has 7 N–H and O–H groups in total. The van der Waals surface area contributed by atoms with Crippen LogP contribution in [0.4, 0.5) is 23.1 Å². The summed E-state index contributed by atoms with van der Waals surface area (Å²) < 4.78 is 5.81. The number of carbonyl (C=O) groups excluding carboxylic acids is 4. The lowest BCUT2D eigenvalue weighted by molar-refractivity contribution is -0.129. The van der Waals surface area contributed by atoms with Crippen LogP contribution in [0.1, 0.15) is 137 Å². The SMILES string of the molecule is CCCC(C(=O)NC=O)N1Cc2cc(C#CCCCCCN[C@H]3CC[C@@H](N(N)/C=C(\N)c4ccc(Nc5ncc(N(C)C)c(N(C6CCCC6)[C@@H](C=O)CC)n5)c(OC)c4)CC3)ccc2C1=O. The molecule has 3 amide bonds. The molecule has 1 aliphatic heterocycles. The molecule has 0 saturated heterocycles. The second-order valence-corrected chi connectivity index (χ2v) is 18.1. The van der Waals surface area contributed by atoms with E-state index in [0.717, 1.165) is 118 Å². The lowest BCUT2D eigenvalue weighted by Gasteiger charge is -2.36. The summed E-state index contributed by atoms with van der Waals surface area (Å²) in [7, 11) is 5.55. The quantitative estimate of drug-likeness (QED) is 0.0231. The third-order valence-corrected chi connectivity index (χ3v) is 13.3. The van der Waals surface area contributed by atoms with Crippen LogP contribution in [0.2, 0.25) is 0 Å². The minimum Gasteiger partial charge on any atom is -0.495 e. The van der Waals surface area contributed by atoms with E-state index in [4.69, 9.17) is 21.3 Å². The summed E-state index contributed by atoms with van der Waals surface area (Å²) in [5.74, 6) is 14.2. The smallest absolute Gasteiger partial charge is 0.255 e. The van der Waals surface area contributed by atoms with Crippen molar-refractivity contribution in [1.82, 2.24) is 30.5 Å². The highest BCUT2D eigenvalue weighted by Gasteiger charge is 2.36. The summed E-state index contributed by atoms with van der Waals surface area (Å²) in [5.41, 5.74) is 11.8. The van der Waals surface area contributed by atoms with Gasteiger partial charge < -0.3 is 45.6 Å². The molecular formula is C51H71N11O5. The monoisotopic (exact) mass is 918 g/mol. The van der Waals surface area contributed by atoms with Crippen molar-refractivity contribution >= 4 is 53.3 Å². The molecule has 2 heterocycles. The minimum atomic E-state index is -0.681. The first kappa shape index (κ1) is 50.2. The Hall–Kier alpha value is -6.18. The van der Waals surface area contributed by atoms with Crippen molar-refractivity contribution in [2.45, 2.75) is 147 Å². The zero-order chi connectivity index (χ0) is 47.9. The molecule has 2 saturated carbocycles. The average molecular weight is 918 g/mol. The molecule has 67 heavy (non-hydrogen) atoms. The minimum absolute atomic E-state index is 0.183. The van der Waals surface area contributed by atoms with Gasteiger partial charge in [0.05, 0.1) is 36.4 Å². The molecule has 16 heteroatoms. The Balaban J connectivity index is 0.936. The molecule has 16 nitrogen and oxygen atoms in total. The van der Waals surface area contributed by atoms with E-state index >= 15 is 0 Å². The summed E-state index contributed by atoms with van der Waals surface area (Å²) in [4.78, 5) is 64.1. The van der Waals surface area contributed by atoms with Gasteiger partial charge in [0.1, 0.15) is 18.1 Å². The van der Waals surface area contributed by atoms with E-state index in [0.29, 0.717) is 66.9 Å². The number of hydrazine groups is 1. The maximum Gasteiger partial charge on any atom is 0.255 e. The van der Waals surface area contributed by atoms with E-state index in [9.17, 15) is 19.2 Å². The maximum absolute atomic E-state index is 13.1. The number of ether oxygens (including phenoxy) is 1. The summed E-state index contributed by atoms with van der Waals surface area (Å²) in [6, 6.07) is 11.2. The van der Waals surface area contributed by atoms with Crippen LogP contribution in [0, 0.1) is 11.8 Å². The van der Waals surface area contributed by atoms with Crippen molar-refractivity contribution in [2.75, 3.05) is 42.9 Å². The molecule has 360 valence electrons. The molecule has 0 radical (unpaired) electrons. The molecule has 3 aliphatic rings. The fourth-order valence-electron chi connectivity index (χ4n) is 9.60. The summed E-state index contributed by atoms with van der Waals surface area (Å²) in [5, 5.41) is 11.1. The molecule has 1 aromatic heterocycles. The van der Waals surface area contributed by atoms with E-state index < -0.39 is 11.9 Å². The number of aromatic nitrogens is 2. The third kappa shape index (κ3) is 12.8. The number of hydrogen-bond donors (Lipinski definition) is 5. The number of nitrogens with one attached hydrogen (secondary N) is 3. The van der Waals surface area contributed by atoms with Crippen molar-refractivity contribution in [3.05, 3.63) is 71.0 Å². The average Bonchev–Trinajstić information content (AvgIpc) is 3.98. The normalized spacial score (nSPS) is 18.0. The van der Waals surface area contributed by atoms with Gasteiger partial charge in [0.15, 0.2) is 5.82 Å². The predicted octanol–water partition coefficient (Wildman–Crippen LogP) is 6.36. The van der Waals surface area contributed by atoms with E-state index in [1.54, 1.807) is 29.3 Å². The van der Waals surface area contributed by atoms with Gasteiger partial charge in [0.2, 0.25) is 18.3 Å². The van der Waals surface area contributed by atoms with E-state index in [1.165, 1.54) is 0 Å². The number of methoxy groups -OCH3 is 1.